The van der Waals surface area contributed by atoms with Gasteiger partial charge in [-0.25, -0.2) is 0 Å². The van der Waals surface area contributed by atoms with E-state index in [9.17, 15) is 4.79 Å². The summed E-state index contributed by atoms with van der Waals surface area (Å²) in [5.74, 6) is 1.09. The van der Waals surface area contributed by atoms with Crippen LogP contribution >= 0.6 is 0 Å². The summed E-state index contributed by atoms with van der Waals surface area (Å²) in [4.78, 5) is 22.9. The van der Waals surface area contributed by atoms with Crippen LogP contribution in [0.15, 0.2) is 53.2 Å². The molecule has 3 aromatic rings. The molecule has 0 saturated carbocycles. The van der Waals surface area contributed by atoms with Crippen LogP contribution < -0.4 is 0 Å². The average molecular weight is 348 g/mol. The summed E-state index contributed by atoms with van der Waals surface area (Å²) < 4.78 is 5.32. The van der Waals surface area contributed by atoms with E-state index in [1.807, 2.05) is 23.1 Å². The highest BCUT2D eigenvalue weighted by atomic mass is 16.5. The zero-order valence-electron chi connectivity index (χ0n) is 14.6. The Bertz CT molecular complexity index is 907. The summed E-state index contributed by atoms with van der Waals surface area (Å²) in [5.41, 5.74) is 3.13. The number of carbonyl (C=O) groups excluding carboxylic acids is 1. The highest BCUT2D eigenvalue weighted by Crippen LogP contribution is 2.27. The first-order chi connectivity index (χ1) is 12.7. The van der Waals surface area contributed by atoms with Gasteiger partial charge in [0.05, 0.1) is 0 Å². The first-order valence-electron chi connectivity index (χ1n) is 8.77. The van der Waals surface area contributed by atoms with Gasteiger partial charge in [0.2, 0.25) is 5.91 Å². The Morgan fingerprint density at radius 1 is 1.23 bits per heavy atom. The predicted molar refractivity (Wildman–Crippen MR) is 96.4 cm³/mol. The molecule has 3 heterocycles. The van der Waals surface area contributed by atoms with Crippen LogP contribution in [0.2, 0.25) is 0 Å². The monoisotopic (exact) mass is 348 g/mol. The van der Waals surface area contributed by atoms with Crippen molar-refractivity contribution in [3.05, 3.63) is 65.6 Å². The molecule has 0 spiro atoms. The molecule has 0 aliphatic carbocycles. The van der Waals surface area contributed by atoms with Crippen molar-refractivity contribution >= 4 is 5.91 Å². The van der Waals surface area contributed by atoms with Crippen molar-refractivity contribution in [2.24, 2.45) is 0 Å². The van der Waals surface area contributed by atoms with E-state index < -0.39 is 0 Å². The Morgan fingerprint density at radius 2 is 2.15 bits per heavy atom. The maximum Gasteiger partial charge on any atom is 0.276 e. The zero-order chi connectivity index (χ0) is 17.9. The van der Waals surface area contributed by atoms with Gasteiger partial charge in [-0.3, -0.25) is 9.78 Å². The number of nitrogens with zero attached hydrogens (tertiary/aromatic N) is 4. The lowest BCUT2D eigenvalue weighted by Gasteiger charge is -2.16. The number of likely N-dealkylation sites (tertiary alicyclic amines) is 1. The van der Waals surface area contributed by atoms with Gasteiger partial charge in [0.15, 0.2) is 5.82 Å². The van der Waals surface area contributed by atoms with Gasteiger partial charge in [-0.15, -0.1) is 0 Å². The second-order valence-corrected chi connectivity index (χ2v) is 6.65. The molecule has 1 aromatic carbocycles. The highest BCUT2D eigenvalue weighted by Gasteiger charge is 2.33. The summed E-state index contributed by atoms with van der Waals surface area (Å²) in [6.45, 7) is 3.42. The molecule has 6 nitrogen and oxygen atoms in total. The Labute approximate surface area is 151 Å². The second-order valence-electron chi connectivity index (χ2n) is 6.65. The number of carbonyl (C=O) groups is 1. The molecule has 26 heavy (non-hydrogen) atoms. The van der Waals surface area contributed by atoms with Crippen LogP contribution in [0.25, 0.3) is 11.6 Å². The normalized spacial score (nSPS) is 17.0. The van der Waals surface area contributed by atoms with Crippen molar-refractivity contribution in [1.82, 2.24) is 20.0 Å². The van der Waals surface area contributed by atoms with E-state index >= 15 is 0 Å². The SMILES string of the molecule is Cc1cccc(CCN2CC(c3noc(-c4ccccn4)n3)CC2=O)c1. The van der Waals surface area contributed by atoms with Gasteiger partial charge in [-0.1, -0.05) is 41.1 Å². The standard InChI is InChI=1S/C20H20N4O2/c1-14-5-4-6-15(11-14)8-10-24-13-16(12-18(24)25)19-22-20(26-23-19)17-7-2-3-9-21-17/h2-7,9,11,16H,8,10,12-13H2,1H3. The van der Waals surface area contributed by atoms with Crippen LogP contribution in [0.5, 0.6) is 0 Å². The van der Waals surface area contributed by atoms with Gasteiger partial charge in [0.1, 0.15) is 5.69 Å². The largest absolute Gasteiger partial charge is 0.342 e. The lowest BCUT2D eigenvalue weighted by Crippen LogP contribution is -2.27. The number of amides is 1. The molecule has 0 radical (unpaired) electrons. The van der Waals surface area contributed by atoms with Crippen molar-refractivity contribution < 1.29 is 9.32 Å². The average Bonchev–Trinajstić information content (AvgIpc) is 3.28. The molecule has 132 valence electrons. The number of benzene rings is 1. The van der Waals surface area contributed by atoms with E-state index in [0.29, 0.717) is 36.9 Å². The summed E-state index contributed by atoms with van der Waals surface area (Å²) in [7, 11) is 0. The van der Waals surface area contributed by atoms with Crippen molar-refractivity contribution in [2.45, 2.75) is 25.7 Å². The molecule has 1 aliphatic heterocycles. The fraction of sp³-hybridized carbons (Fsp3) is 0.300. The van der Waals surface area contributed by atoms with Crippen LogP contribution in [0.1, 0.15) is 29.3 Å². The highest BCUT2D eigenvalue weighted by molar-refractivity contribution is 5.79. The molecule has 4 rings (SSSR count). The second kappa shape index (κ2) is 7.07. The van der Waals surface area contributed by atoms with Gasteiger partial charge in [0, 0.05) is 31.6 Å². The summed E-state index contributed by atoms with van der Waals surface area (Å²) in [6, 6.07) is 13.9. The third-order valence-corrected chi connectivity index (χ3v) is 4.66. The summed E-state index contributed by atoms with van der Waals surface area (Å²) >= 11 is 0. The van der Waals surface area contributed by atoms with Gasteiger partial charge in [-0.2, -0.15) is 4.98 Å². The first kappa shape index (κ1) is 16.4. The quantitative estimate of drug-likeness (QED) is 0.709. The van der Waals surface area contributed by atoms with Crippen molar-refractivity contribution in [3.8, 4) is 11.6 Å². The fourth-order valence-corrected chi connectivity index (χ4v) is 3.29. The molecule has 1 unspecified atom stereocenters. The molecule has 6 heteroatoms. The van der Waals surface area contributed by atoms with Gasteiger partial charge < -0.3 is 9.42 Å². The molecule has 1 aliphatic rings. The number of hydrogen-bond donors (Lipinski definition) is 0. The third-order valence-electron chi connectivity index (χ3n) is 4.66. The maximum atomic E-state index is 12.4. The number of hydrogen-bond acceptors (Lipinski definition) is 5. The van der Waals surface area contributed by atoms with Crippen LogP contribution in [0, 0.1) is 6.92 Å². The van der Waals surface area contributed by atoms with Crippen molar-refractivity contribution in [2.75, 3.05) is 13.1 Å². The molecule has 1 fully saturated rings. The van der Waals surface area contributed by atoms with E-state index in [1.54, 1.807) is 6.20 Å². The summed E-state index contributed by atoms with van der Waals surface area (Å²) in [6.07, 6.45) is 2.96. The molecule has 1 saturated heterocycles. The first-order valence-corrected chi connectivity index (χ1v) is 8.77. The zero-order valence-corrected chi connectivity index (χ0v) is 14.6. The molecule has 1 amide bonds. The van der Waals surface area contributed by atoms with E-state index in [1.165, 1.54) is 11.1 Å². The predicted octanol–water partition coefficient (Wildman–Crippen LogP) is 3.00. The molecule has 0 bridgehead atoms. The molecule has 2 aromatic heterocycles. The van der Waals surface area contributed by atoms with Gasteiger partial charge in [0.25, 0.3) is 5.89 Å². The van der Waals surface area contributed by atoms with Gasteiger partial charge >= 0.3 is 0 Å². The summed E-state index contributed by atoms with van der Waals surface area (Å²) in [5, 5.41) is 4.07. The maximum absolute atomic E-state index is 12.4. The minimum atomic E-state index is -0.0266. The van der Waals surface area contributed by atoms with E-state index in [2.05, 4.69) is 46.3 Å². The number of pyridine rings is 1. The van der Waals surface area contributed by atoms with E-state index in [4.69, 9.17) is 4.52 Å². The third kappa shape index (κ3) is 3.49. The smallest absolute Gasteiger partial charge is 0.276 e. The van der Waals surface area contributed by atoms with Crippen LogP contribution in [0.4, 0.5) is 0 Å². The molecule has 0 N–H and O–H groups in total. The Kier molecular flexibility index (Phi) is 4.48. The van der Waals surface area contributed by atoms with Crippen LogP contribution in [0.3, 0.4) is 0 Å². The number of rotatable bonds is 5. The Balaban J connectivity index is 1.41. The lowest BCUT2D eigenvalue weighted by atomic mass is 10.1. The minimum Gasteiger partial charge on any atom is -0.342 e. The Morgan fingerprint density at radius 3 is 2.96 bits per heavy atom. The van der Waals surface area contributed by atoms with E-state index in [0.717, 1.165) is 6.42 Å². The van der Waals surface area contributed by atoms with Crippen LogP contribution in [-0.2, 0) is 11.2 Å². The lowest BCUT2D eigenvalue weighted by molar-refractivity contribution is -0.127. The number of aromatic nitrogens is 3. The molecular weight excluding hydrogens is 328 g/mol. The molecular formula is C20H20N4O2. The molecule has 1 atom stereocenters. The van der Waals surface area contributed by atoms with E-state index in [-0.39, 0.29) is 11.8 Å². The topological polar surface area (TPSA) is 72.1 Å². The Hall–Kier alpha value is -3.02. The fourth-order valence-electron chi connectivity index (χ4n) is 3.29. The van der Waals surface area contributed by atoms with Crippen LogP contribution in [-0.4, -0.2) is 39.0 Å². The minimum absolute atomic E-state index is 0.0266. The number of aryl methyl sites for hydroxylation is 1. The van der Waals surface area contributed by atoms with Gasteiger partial charge in [-0.05, 0) is 31.0 Å². The van der Waals surface area contributed by atoms with Crippen molar-refractivity contribution in [3.63, 3.8) is 0 Å². The van der Waals surface area contributed by atoms with Crippen molar-refractivity contribution in [1.29, 1.82) is 0 Å².